The van der Waals surface area contributed by atoms with Crippen LogP contribution in [0.2, 0.25) is 0 Å². The number of nitrogens with zero attached hydrogens (tertiary/aromatic N) is 3. The Morgan fingerprint density at radius 3 is 2.46 bits per heavy atom. The van der Waals surface area contributed by atoms with E-state index >= 15 is 0 Å². The first kappa shape index (κ1) is 16.3. The van der Waals surface area contributed by atoms with E-state index < -0.39 is 6.43 Å². The lowest BCUT2D eigenvalue weighted by Crippen LogP contribution is -1.97. The van der Waals surface area contributed by atoms with E-state index in [9.17, 15) is 13.2 Å². The van der Waals surface area contributed by atoms with E-state index in [1.54, 1.807) is 41.2 Å². The summed E-state index contributed by atoms with van der Waals surface area (Å²) in [4.78, 5) is 4.56. The Balaban J connectivity index is 1.65. The molecule has 0 unspecified atom stereocenters. The molecular weight excluding hydrogens is 339 g/mol. The molecule has 0 saturated carbocycles. The highest BCUT2D eigenvalue weighted by Gasteiger charge is 2.09. The zero-order chi connectivity index (χ0) is 18.1. The highest BCUT2D eigenvalue weighted by atomic mass is 19.3. The second-order valence-electron chi connectivity index (χ2n) is 5.94. The Morgan fingerprint density at radius 2 is 1.69 bits per heavy atom. The fourth-order valence-electron chi connectivity index (χ4n) is 2.82. The largest absolute Gasteiger partial charge is 0.246 e. The molecule has 0 N–H and O–H groups in total. The molecule has 3 nitrogen and oxygen atoms in total. The molecule has 0 fully saturated rings. The van der Waals surface area contributed by atoms with Crippen molar-refractivity contribution in [2.24, 2.45) is 0 Å². The van der Waals surface area contributed by atoms with Crippen molar-refractivity contribution >= 4 is 10.9 Å². The molecule has 0 aliphatic rings. The van der Waals surface area contributed by atoms with Crippen LogP contribution in [0, 0.1) is 5.82 Å². The summed E-state index contributed by atoms with van der Waals surface area (Å²) in [5.41, 5.74) is 3.41. The number of hydrogen-bond acceptors (Lipinski definition) is 2. The molecule has 0 atom stereocenters. The molecule has 2 heterocycles. The van der Waals surface area contributed by atoms with Gasteiger partial charge in [-0.3, -0.25) is 0 Å². The minimum atomic E-state index is -2.37. The fraction of sp³-hybridized carbons (Fsp3) is 0.100. The first-order valence-corrected chi connectivity index (χ1v) is 8.08. The number of rotatable bonds is 4. The maximum Gasteiger partial charge on any atom is 0.242 e. The molecule has 2 aromatic carbocycles. The van der Waals surface area contributed by atoms with Crippen LogP contribution in [0.4, 0.5) is 13.2 Å². The van der Waals surface area contributed by atoms with Crippen molar-refractivity contribution in [2.45, 2.75) is 12.8 Å². The van der Waals surface area contributed by atoms with Gasteiger partial charge in [0.05, 0.1) is 16.9 Å². The molecule has 0 amide bonds. The van der Waals surface area contributed by atoms with E-state index in [1.165, 1.54) is 12.1 Å². The first-order chi connectivity index (χ1) is 12.6. The summed E-state index contributed by atoms with van der Waals surface area (Å²) in [6.07, 6.45) is -0.852. The lowest BCUT2D eigenvalue weighted by Gasteiger charge is -2.05. The van der Waals surface area contributed by atoms with Crippen LogP contribution in [-0.2, 0) is 6.42 Å². The fourth-order valence-corrected chi connectivity index (χ4v) is 2.82. The molecule has 6 heteroatoms. The van der Waals surface area contributed by atoms with Gasteiger partial charge < -0.3 is 0 Å². The van der Waals surface area contributed by atoms with Gasteiger partial charge in [-0.15, -0.1) is 0 Å². The van der Waals surface area contributed by atoms with Crippen molar-refractivity contribution < 1.29 is 13.2 Å². The maximum absolute atomic E-state index is 13.0. The normalized spacial score (nSPS) is 11.4. The Hall–Kier alpha value is -3.15. The molecule has 0 bridgehead atoms. The highest BCUT2D eigenvalue weighted by molar-refractivity contribution is 5.81. The quantitative estimate of drug-likeness (QED) is 0.515. The molecule has 0 spiro atoms. The van der Waals surface area contributed by atoms with Crippen molar-refractivity contribution in [3.63, 3.8) is 0 Å². The summed E-state index contributed by atoms with van der Waals surface area (Å²) < 4.78 is 39.7. The van der Waals surface area contributed by atoms with Gasteiger partial charge in [-0.2, -0.15) is 5.10 Å². The lowest BCUT2D eigenvalue weighted by molar-refractivity contribution is 0.149. The first-order valence-electron chi connectivity index (χ1n) is 8.08. The Morgan fingerprint density at radius 1 is 0.885 bits per heavy atom. The highest BCUT2D eigenvalue weighted by Crippen LogP contribution is 2.22. The van der Waals surface area contributed by atoms with Crippen LogP contribution in [0.3, 0.4) is 0 Å². The van der Waals surface area contributed by atoms with E-state index in [4.69, 9.17) is 0 Å². The molecule has 0 radical (unpaired) electrons. The number of hydrogen-bond donors (Lipinski definition) is 0. The molecule has 0 saturated heterocycles. The lowest BCUT2D eigenvalue weighted by atomic mass is 10.1. The van der Waals surface area contributed by atoms with Gasteiger partial charge in [0.1, 0.15) is 11.5 Å². The topological polar surface area (TPSA) is 30.7 Å². The zero-order valence-electron chi connectivity index (χ0n) is 13.6. The van der Waals surface area contributed by atoms with Crippen molar-refractivity contribution in [3.05, 3.63) is 78.2 Å². The van der Waals surface area contributed by atoms with Gasteiger partial charge in [0.25, 0.3) is 0 Å². The molecular formula is C20H14F3N3. The zero-order valence-corrected chi connectivity index (χ0v) is 13.6. The second kappa shape index (κ2) is 6.63. The van der Waals surface area contributed by atoms with E-state index in [2.05, 4.69) is 10.1 Å². The minimum Gasteiger partial charge on any atom is -0.246 e. The molecule has 130 valence electrons. The van der Waals surface area contributed by atoms with Crippen LogP contribution < -0.4 is 0 Å². The summed E-state index contributed by atoms with van der Waals surface area (Å²) in [6, 6.07) is 16.7. The van der Waals surface area contributed by atoms with Gasteiger partial charge in [-0.25, -0.2) is 22.8 Å². The van der Waals surface area contributed by atoms with E-state index in [0.717, 1.165) is 16.6 Å². The summed E-state index contributed by atoms with van der Waals surface area (Å²) >= 11 is 0. The monoisotopic (exact) mass is 353 g/mol. The standard InChI is InChI=1S/C20H14F3N3/c21-15-3-5-16(6-4-15)26-10-9-19(25-26)18-8-2-14-11-13(12-20(22)23)1-7-17(14)24-18/h1-11,20H,12H2. The van der Waals surface area contributed by atoms with Crippen molar-refractivity contribution in [1.29, 1.82) is 0 Å². The summed E-state index contributed by atoms with van der Waals surface area (Å²) in [5, 5.41) is 5.29. The molecule has 4 rings (SSSR count). The Kier molecular flexibility index (Phi) is 4.16. The van der Waals surface area contributed by atoms with Gasteiger partial charge in [-0.1, -0.05) is 12.1 Å². The van der Waals surface area contributed by atoms with Crippen LogP contribution >= 0.6 is 0 Å². The second-order valence-corrected chi connectivity index (χ2v) is 5.94. The van der Waals surface area contributed by atoms with Gasteiger partial charge in [-0.05, 0) is 54.1 Å². The predicted octanol–water partition coefficient (Wildman–Crippen LogP) is 5.03. The Bertz CT molecular complexity index is 1060. The summed E-state index contributed by atoms with van der Waals surface area (Å²) in [5.74, 6) is -0.302. The third-order valence-electron chi connectivity index (χ3n) is 4.09. The van der Waals surface area contributed by atoms with Crippen molar-refractivity contribution in [2.75, 3.05) is 0 Å². The maximum atomic E-state index is 13.0. The van der Waals surface area contributed by atoms with Crippen LogP contribution in [-0.4, -0.2) is 21.2 Å². The van der Waals surface area contributed by atoms with E-state index in [0.29, 0.717) is 17.0 Å². The number of halogens is 3. The average molecular weight is 353 g/mol. The number of aromatic nitrogens is 3. The minimum absolute atomic E-state index is 0.264. The van der Waals surface area contributed by atoms with Crippen molar-refractivity contribution in [3.8, 4) is 17.1 Å². The van der Waals surface area contributed by atoms with Gasteiger partial charge in [0, 0.05) is 18.0 Å². The molecule has 2 aromatic heterocycles. The van der Waals surface area contributed by atoms with Crippen LogP contribution in [0.15, 0.2) is 66.9 Å². The van der Waals surface area contributed by atoms with E-state index in [-0.39, 0.29) is 12.2 Å². The summed E-state index contributed by atoms with van der Waals surface area (Å²) in [7, 11) is 0. The van der Waals surface area contributed by atoms with E-state index in [1.807, 2.05) is 18.2 Å². The summed E-state index contributed by atoms with van der Waals surface area (Å²) in [6.45, 7) is 0. The van der Waals surface area contributed by atoms with Gasteiger partial charge in [0.2, 0.25) is 6.43 Å². The Labute approximate surface area is 147 Å². The number of alkyl halides is 2. The van der Waals surface area contributed by atoms with Crippen LogP contribution in [0.5, 0.6) is 0 Å². The average Bonchev–Trinajstić information content (AvgIpc) is 3.11. The molecule has 4 aromatic rings. The molecule has 26 heavy (non-hydrogen) atoms. The third-order valence-corrected chi connectivity index (χ3v) is 4.09. The van der Waals surface area contributed by atoms with Gasteiger partial charge in [0.15, 0.2) is 0 Å². The third kappa shape index (κ3) is 3.31. The van der Waals surface area contributed by atoms with Crippen LogP contribution in [0.25, 0.3) is 28.0 Å². The molecule has 0 aliphatic carbocycles. The number of pyridine rings is 1. The smallest absolute Gasteiger partial charge is 0.242 e. The van der Waals surface area contributed by atoms with Gasteiger partial charge >= 0.3 is 0 Å². The number of benzene rings is 2. The van der Waals surface area contributed by atoms with Crippen LogP contribution in [0.1, 0.15) is 5.56 Å². The van der Waals surface area contributed by atoms with Crippen molar-refractivity contribution in [1.82, 2.24) is 14.8 Å². The molecule has 0 aliphatic heterocycles. The predicted molar refractivity (Wildman–Crippen MR) is 94.0 cm³/mol. The SMILES string of the molecule is Fc1ccc(-n2ccc(-c3ccc4cc(CC(F)F)ccc4n3)n2)cc1. The number of fused-ring (bicyclic) bond motifs is 1.